The number of halogens is 1. The Bertz CT molecular complexity index is 1100. The summed E-state index contributed by atoms with van der Waals surface area (Å²) in [7, 11) is 0. The average molecular weight is 569 g/mol. The quantitative estimate of drug-likeness (QED) is 0.212. The van der Waals surface area contributed by atoms with Crippen LogP contribution in [-0.4, -0.2) is 59.0 Å². The molecule has 198 valence electrons. The Labute approximate surface area is 229 Å². The first-order valence-corrected chi connectivity index (χ1v) is 13.9. The smallest absolute Gasteiger partial charge is 0.254 e. The number of carbonyl (C=O) groups is 2. The number of rotatable bonds is 15. The SMILES string of the molecule is CCCCN(Cc1cccn1Cc1ccc(Br)cc1)C(=O)CN(CCCOCC)C(=O)c1ccccc1. The van der Waals surface area contributed by atoms with E-state index in [1.165, 1.54) is 5.56 Å². The Kier molecular flexibility index (Phi) is 11.9. The summed E-state index contributed by atoms with van der Waals surface area (Å²) in [4.78, 5) is 30.4. The summed E-state index contributed by atoms with van der Waals surface area (Å²) in [5.41, 5.74) is 2.86. The Hall–Kier alpha value is -2.90. The molecule has 0 aliphatic heterocycles. The molecule has 2 aromatic carbocycles. The van der Waals surface area contributed by atoms with Gasteiger partial charge in [0.2, 0.25) is 5.91 Å². The van der Waals surface area contributed by atoms with Crippen LogP contribution in [0.3, 0.4) is 0 Å². The molecule has 1 aromatic heterocycles. The molecule has 0 bridgehead atoms. The van der Waals surface area contributed by atoms with E-state index in [1.807, 2.05) is 48.2 Å². The monoisotopic (exact) mass is 567 g/mol. The van der Waals surface area contributed by atoms with Gasteiger partial charge in [-0.2, -0.15) is 0 Å². The van der Waals surface area contributed by atoms with Crippen LogP contribution in [-0.2, 0) is 22.6 Å². The molecule has 3 aromatic rings. The number of hydrogen-bond acceptors (Lipinski definition) is 3. The van der Waals surface area contributed by atoms with Crippen molar-refractivity contribution in [1.82, 2.24) is 14.4 Å². The highest BCUT2D eigenvalue weighted by molar-refractivity contribution is 9.10. The zero-order valence-electron chi connectivity index (χ0n) is 21.9. The minimum Gasteiger partial charge on any atom is -0.382 e. The number of hydrogen-bond donors (Lipinski definition) is 0. The van der Waals surface area contributed by atoms with Crippen molar-refractivity contribution in [2.24, 2.45) is 0 Å². The number of nitrogens with zero attached hydrogens (tertiary/aromatic N) is 3. The van der Waals surface area contributed by atoms with E-state index < -0.39 is 0 Å². The zero-order chi connectivity index (χ0) is 26.5. The van der Waals surface area contributed by atoms with Gasteiger partial charge in [0.15, 0.2) is 0 Å². The first-order chi connectivity index (χ1) is 18.0. The molecule has 0 aliphatic carbocycles. The minimum absolute atomic E-state index is 0.0365. The lowest BCUT2D eigenvalue weighted by Crippen LogP contribution is -2.43. The standard InChI is InChI=1S/C30H38BrN3O3/c1-3-5-18-33(23-28-13-9-19-32(28)22-25-14-16-27(31)17-15-25)29(35)24-34(20-10-21-37-4-2)30(36)26-11-7-6-8-12-26/h6-9,11-17,19H,3-5,10,18,20-24H2,1-2H3. The normalized spacial score (nSPS) is 10.9. The average Bonchev–Trinajstić information content (AvgIpc) is 3.35. The van der Waals surface area contributed by atoms with Gasteiger partial charge in [-0.25, -0.2) is 0 Å². The molecule has 0 spiro atoms. The van der Waals surface area contributed by atoms with Crippen molar-refractivity contribution in [2.45, 2.75) is 46.2 Å². The van der Waals surface area contributed by atoms with E-state index in [0.717, 1.165) is 29.6 Å². The predicted molar refractivity (Wildman–Crippen MR) is 151 cm³/mol. The molecule has 0 N–H and O–H groups in total. The molecule has 7 heteroatoms. The predicted octanol–water partition coefficient (Wildman–Crippen LogP) is 6.00. The number of unbranched alkanes of at least 4 members (excludes halogenated alkanes) is 1. The lowest BCUT2D eigenvalue weighted by Gasteiger charge is -2.28. The molecule has 0 radical (unpaired) electrons. The summed E-state index contributed by atoms with van der Waals surface area (Å²) in [6.45, 7) is 7.70. The van der Waals surface area contributed by atoms with Crippen molar-refractivity contribution in [3.8, 4) is 0 Å². The zero-order valence-corrected chi connectivity index (χ0v) is 23.5. The summed E-state index contributed by atoms with van der Waals surface area (Å²) in [6, 6.07) is 21.6. The van der Waals surface area contributed by atoms with E-state index in [4.69, 9.17) is 4.74 Å². The molecule has 0 saturated heterocycles. The second-order valence-corrected chi connectivity index (χ2v) is 9.98. The van der Waals surface area contributed by atoms with Gasteiger partial charge < -0.3 is 19.1 Å². The van der Waals surface area contributed by atoms with Gasteiger partial charge in [0.1, 0.15) is 6.54 Å². The van der Waals surface area contributed by atoms with E-state index in [2.05, 4.69) is 51.8 Å². The van der Waals surface area contributed by atoms with Gasteiger partial charge in [0.25, 0.3) is 5.91 Å². The molecule has 1 heterocycles. The van der Waals surface area contributed by atoms with Gasteiger partial charge in [-0.15, -0.1) is 0 Å². The lowest BCUT2D eigenvalue weighted by molar-refractivity contribution is -0.132. The highest BCUT2D eigenvalue weighted by Gasteiger charge is 2.23. The van der Waals surface area contributed by atoms with Gasteiger partial charge >= 0.3 is 0 Å². The molecule has 0 fully saturated rings. The van der Waals surface area contributed by atoms with Crippen molar-refractivity contribution in [2.75, 3.05) is 32.8 Å². The third kappa shape index (κ3) is 9.17. The molecule has 0 unspecified atom stereocenters. The van der Waals surface area contributed by atoms with Crippen LogP contribution in [0.15, 0.2) is 77.4 Å². The fourth-order valence-corrected chi connectivity index (χ4v) is 4.42. The van der Waals surface area contributed by atoms with E-state index in [0.29, 0.717) is 44.8 Å². The molecule has 2 amide bonds. The van der Waals surface area contributed by atoms with Gasteiger partial charge in [0, 0.05) is 54.8 Å². The van der Waals surface area contributed by atoms with Crippen molar-refractivity contribution >= 4 is 27.7 Å². The number of ether oxygens (including phenoxy) is 1. The molecule has 6 nitrogen and oxygen atoms in total. The van der Waals surface area contributed by atoms with E-state index in [9.17, 15) is 9.59 Å². The van der Waals surface area contributed by atoms with Gasteiger partial charge in [0.05, 0.1) is 6.54 Å². The van der Waals surface area contributed by atoms with Crippen molar-refractivity contribution in [3.05, 3.63) is 94.2 Å². The maximum atomic E-state index is 13.6. The summed E-state index contributed by atoms with van der Waals surface area (Å²) in [5, 5.41) is 0. The third-order valence-electron chi connectivity index (χ3n) is 6.23. The summed E-state index contributed by atoms with van der Waals surface area (Å²) in [6.07, 6.45) is 4.64. The van der Waals surface area contributed by atoms with Crippen molar-refractivity contribution < 1.29 is 14.3 Å². The highest BCUT2D eigenvalue weighted by Crippen LogP contribution is 2.15. The van der Waals surface area contributed by atoms with Crippen molar-refractivity contribution in [3.63, 3.8) is 0 Å². The second-order valence-electron chi connectivity index (χ2n) is 9.07. The van der Waals surface area contributed by atoms with E-state index in [-0.39, 0.29) is 18.4 Å². The molecule has 0 saturated carbocycles. The summed E-state index contributed by atoms with van der Waals surface area (Å²) in [5.74, 6) is -0.162. The molecular formula is C30H38BrN3O3. The fraction of sp³-hybridized carbons (Fsp3) is 0.400. The van der Waals surface area contributed by atoms with Gasteiger partial charge in [-0.3, -0.25) is 9.59 Å². The molecular weight excluding hydrogens is 530 g/mol. The van der Waals surface area contributed by atoms with Crippen LogP contribution in [0.2, 0.25) is 0 Å². The van der Waals surface area contributed by atoms with Gasteiger partial charge in [-0.05, 0) is 61.7 Å². The topological polar surface area (TPSA) is 54.8 Å². The summed E-state index contributed by atoms with van der Waals surface area (Å²) < 4.78 is 8.71. The largest absolute Gasteiger partial charge is 0.382 e. The van der Waals surface area contributed by atoms with Crippen LogP contribution in [0.25, 0.3) is 0 Å². The Balaban J connectivity index is 1.73. The summed E-state index contributed by atoms with van der Waals surface area (Å²) >= 11 is 3.49. The number of benzene rings is 2. The fourth-order valence-electron chi connectivity index (χ4n) is 4.15. The van der Waals surface area contributed by atoms with E-state index in [1.54, 1.807) is 17.0 Å². The number of amides is 2. The maximum absolute atomic E-state index is 13.6. The third-order valence-corrected chi connectivity index (χ3v) is 6.76. The Morgan fingerprint density at radius 3 is 2.32 bits per heavy atom. The molecule has 3 rings (SSSR count). The first kappa shape index (κ1) is 28.7. The molecule has 0 atom stereocenters. The van der Waals surface area contributed by atoms with Crippen LogP contribution in [0.5, 0.6) is 0 Å². The van der Waals surface area contributed by atoms with Crippen LogP contribution >= 0.6 is 15.9 Å². The first-order valence-electron chi connectivity index (χ1n) is 13.1. The van der Waals surface area contributed by atoms with E-state index >= 15 is 0 Å². The highest BCUT2D eigenvalue weighted by atomic mass is 79.9. The molecule has 37 heavy (non-hydrogen) atoms. The van der Waals surface area contributed by atoms with Crippen LogP contribution in [0, 0.1) is 0 Å². The molecule has 0 aliphatic rings. The number of aromatic nitrogens is 1. The van der Waals surface area contributed by atoms with Gasteiger partial charge in [-0.1, -0.05) is 59.6 Å². The second kappa shape index (κ2) is 15.4. The van der Waals surface area contributed by atoms with Crippen LogP contribution in [0.1, 0.15) is 54.7 Å². The lowest BCUT2D eigenvalue weighted by atomic mass is 10.2. The van der Waals surface area contributed by atoms with Crippen LogP contribution in [0.4, 0.5) is 0 Å². The Morgan fingerprint density at radius 1 is 0.892 bits per heavy atom. The Morgan fingerprint density at radius 2 is 1.62 bits per heavy atom. The van der Waals surface area contributed by atoms with Crippen LogP contribution < -0.4 is 0 Å². The maximum Gasteiger partial charge on any atom is 0.254 e. The minimum atomic E-state index is -0.125. The van der Waals surface area contributed by atoms with Crippen molar-refractivity contribution in [1.29, 1.82) is 0 Å². The number of carbonyl (C=O) groups excluding carboxylic acids is 2.